The van der Waals surface area contributed by atoms with Gasteiger partial charge in [-0.3, -0.25) is 0 Å². The number of hydrogen-bond acceptors (Lipinski definition) is 2. The van der Waals surface area contributed by atoms with E-state index in [1.54, 1.807) is 7.11 Å². The molecule has 5 aromatic rings. The smallest absolute Gasteiger partial charge is 0.118 e. The van der Waals surface area contributed by atoms with E-state index >= 15 is 0 Å². The Bertz CT molecular complexity index is 1670. The molecule has 0 saturated carbocycles. The van der Waals surface area contributed by atoms with E-state index in [2.05, 4.69) is 96.2 Å². The second-order valence-electron chi connectivity index (χ2n) is 11.8. The van der Waals surface area contributed by atoms with Crippen LogP contribution < -0.4 is 4.74 Å². The van der Waals surface area contributed by atoms with E-state index in [-0.39, 0.29) is 10.8 Å². The number of benzene rings is 5. The first-order valence-corrected chi connectivity index (χ1v) is 12.5. The van der Waals surface area contributed by atoms with E-state index in [1.165, 1.54) is 43.4 Å². The minimum Gasteiger partial charge on any atom is -0.497 e. The van der Waals surface area contributed by atoms with E-state index < -0.39 is 0 Å². The molecule has 0 aromatic heterocycles. The number of nitrogens with zero attached hydrogens (tertiary/aromatic N) is 1. The van der Waals surface area contributed by atoms with Crippen molar-refractivity contribution >= 4 is 44.0 Å². The van der Waals surface area contributed by atoms with Gasteiger partial charge >= 0.3 is 0 Å². The number of allylic oxidation sites excluding steroid dienone is 1. The van der Waals surface area contributed by atoms with Crippen LogP contribution in [0, 0.1) is 11.3 Å². The SMILES string of the molecule is COc1ccc(/C(C#N)=C/c2cc3cc(C(C)(C)C)cc4ccc5cc(C(C)(C)C)cc2c5c43)cc1. The van der Waals surface area contributed by atoms with Gasteiger partial charge in [-0.15, -0.1) is 0 Å². The molecular formula is C34H33NO. The van der Waals surface area contributed by atoms with Gasteiger partial charge in [-0.2, -0.15) is 5.26 Å². The van der Waals surface area contributed by atoms with E-state index in [0.717, 1.165) is 16.9 Å². The Balaban J connectivity index is 1.88. The topological polar surface area (TPSA) is 33.0 Å². The third kappa shape index (κ3) is 4.10. The normalized spacial score (nSPS) is 13.0. The summed E-state index contributed by atoms with van der Waals surface area (Å²) in [7, 11) is 1.65. The van der Waals surface area contributed by atoms with Gasteiger partial charge in [0.05, 0.1) is 18.8 Å². The molecule has 36 heavy (non-hydrogen) atoms. The van der Waals surface area contributed by atoms with Crippen LogP contribution in [0.3, 0.4) is 0 Å². The molecule has 0 radical (unpaired) electrons. The van der Waals surface area contributed by atoms with Crippen LogP contribution in [-0.4, -0.2) is 7.11 Å². The van der Waals surface area contributed by atoms with Crippen molar-refractivity contribution in [3.63, 3.8) is 0 Å². The molecule has 0 heterocycles. The highest BCUT2D eigenvalue weighted by atomic mass is 16.5. The largest absolute Gasteiger partial charge is 0.497 e. The quantitative estimate of drug-likeness (QED) is 0.149. The fraction of sp³-hybridized carbons (Fsp3) is 0.265. The maximum Gasteiger partial charge on any atom is 0.118 e. The van der Waals surface area contributed by atoms with E-state index in [4.69, 9.17) is 4.74 Å². The van der Waals surface area contributed by atoms with E-state index in [9.17, 15) is 5.26 Å². The number of hydrogen-bond donors (Lipinski definition) is 0. The number of ether oxygens (including phenoxy) is 1. The molecule has 5 aromatic carbocycles. The van der Waals surface area contributed by atoms with Crippen LogP contribution in [0.2, 0.25) is 0 Å². The predicted octanol–water partition coefficient (Wildman–Crippen LogP) is 9.25. The molecule has 0 bridgehead atoms. The molecule has 0 fully saturated rings. The van der Waals surface area contributed by atoms with Gasteiger partial charge in [0, 0.05) is 0 Å². The van der Waals surface area contributed by atoms with Gasteiger partial charge in [-0.05, 0) is 108 Å². The zero-order valence-corrected chi connectivity index (χ0v) is 22.3. The second kappa shape index (κ2) is 8.38. The molecule has 0 aliphatic heterocycles. The summed E-state index contributed by atoms with van der Waals surface area (Å²) in [5.41, 5.74) is 5.26. The molecule has 2 heteroatoms. The first kappa shape index (κ1) is 23.9. The Hall–Kier alpha value is -3.83. The van der Waals surface area contributed by atoms with Gasteiger partial charge in [0.15, 0.2) is 0 Å². The number of rotatable bonds is 3. The number of methoxy groups -OCH3 is 1. The zero-order chi connectivity index (χ0) is 25.8. The monoisotopic (exact) mass is 471 g/mol. The molecule has 0 unspecified atom stereocenters. The molecule has 2 nitrogen and oxygen atoms in total. The van der Waals surface area contributed by atoms with Gasteiger partial charge in [-0.1, -0.05) is 71.9 Å². The first-order valence-electron chi connectivity index (χ1n) is 12.5. The average Bonchev–Trinajstić information content (AvgIpc) is 2.84. The van der Waals surface area contributed by atoms with Crippen LogP contribution in [-0.2, 0) is 10.8 Å². The Morgan fingerprint density at radius 3 is 1.83 bits per heavy atom. The summed E-state index contributed by atoms with van der Waals surface area (Å²) >= 11 is 0. The Morgan fingerprint density at radius 2 is 1.28 bits per heavy atom. The molecule has 0 N–H and O–H groups in total. The minimum absolute atomic E-state index is 0.0128. The maximum atomic E-state index is 10.1. The second-order valence-corrected chi connectivity index (χ2v) is 11.8. The first-order chi connectivity index (χ1) is 17.0. The van der Waals surface area contributed by atoms with Gasteiger partial charge in [0.1, 0.15) is 5.75 Å². The molecule has 180 valence electrons. The van der Waals surface area contributed by atoms with E-state index in [0.29, 0.717) is 5.57 Å². The van der Waals surface area contributed by atoms with Crippen molar-refractivity contribution in [3.8, 4) is 11.8 Å². The third-order valence-corrected chi connectivity index (χ3v) is 7.24. The minimum atomic E-state index is 0.0128. The molecule has 0 aliphatic rings. The highest BCUT2D eigenvalue weighted by molar-refractivity contribution is 6.25. The molecule has 0 saturated heterocycles. The molecule has 0 aliphatic carbocycles. The van der Waals surface area contributed by atoms with E-state index in [1.807, 2.05) is 24.3 Å². The predicted molar refractivity (Wildman–Crippen MR) is 154 cm³/mol. The fourth-order valence-corrected chi connectivity index (χ4v) is 5.04. The van der Waals surface area contributed by atoms with Crippen molar-refractivity contribution in [1.82, 2.24) is 0 Å². The molecule has 0 amide bonds. The van der Waals surface area contributed by atoms with Crippen molar-refractivity contribution in [1.29, 1.82) is 5.26 Å². The van der Waals surface area contributed by atoms with Crippen LogP contribution in [0.15, 0.2) is 66.7 Å². The van der Waals surface area contributed by atoms with Crippen LogP contribution >= 0.6 is 0 Å². The fourth-order valence-electron chi connectivity index (χ4n) is 5.04. The van der Waals surface area contributed by atoms with Crippen LogP contribution in [0.5, 0.6) is 5.75 Å². The van der Waals surface area contributed by atoms with Gasteiger partial charge in [0.25, 0.3) is 0 Å². The van der Waals surface area contributed by atoms with Crippen molar-refractivity contribution in [3.05, 3.63) is 89.0 Å². The third-order valence-electron chi connectivity index (χ3n) is 7.24. The van der Waals surface area contributed by atoms with Gasteiger partial charge in [0.2, 0.25) is 0 Å². The summed E-state index contributed by atoms with van der Waals surface area (Å²) in [4.78, 5) is 0. The van der Waals surface area contributed by atoms with Crippen molar-refractivity contribution in [2.24, 2.45) is 0 Å². The molecule has 5 rings (SSSR count). The lowest BCUT2D eigenvalue weighted by Crippen LogP contribution is -2.12. The lowest BCUT2D eigenvalue weighted by Gasteiger charge is -2.24. The van der Waals surface area contributed by atoms with Crippen LogP contribution in [0.4, 0.5) is 0 Å². The summed E-state index contributed by atoms with van der Waals surface area (Å²) in [5.74, 6) is 0.780. The lowest BCUT2D eigenvalue weighted by molar-refractivity contribution is 0.415. The summed E-state index contributed by atoms with van der Waals surface area (Å²) in [5, 5.41) is 17.6. The summed E-state index contributed by atoms with van der Waals surface area (Å²) in [6.07, 6.45) is 2.05. The van der Waals surface area contributed by atoms with Crippen LogP contribution in [0.1, 0.15) is 63.8 Å². The summed E-state index contributed by atoms with van der Waals surface area (Å²) in [6.45, 7) is 13.5. The lowest BCUT2D eigenvalue weighted by atomic mass is 9.80. The standard InChI is InChI=1S/C34H33NO/c1-33(2,3)27-16-22-8-9-23-17-28(34(4,5)6)19-30-24(14-25(18-27)31(22)32(23)30)15-26(20-35)21-10-12-29(36-7)13-11-21/h8-19H,1-7H3/b26-15+. The highest BCUT2D eigenvalue weighted by Gasteiger charge is 2.21. The highest BCUT2D eigenvalue weighted by Crippen LogP contribution is 2.42. The molecule has 0 spiro atoms. The number of nitriles is 1. The van der Waals surface area contributed by atoms with Crippen molar-refractivity contribution < 1.29 is 4.74 Å². The summed E-state index contributed by atoms with van der Waals surface area (Å²) < 4.78 is 5.31. The Morgan fingerprint density at radius 1 is 0.722 bits per heavy atom. The summed E-state index contributed by atoms with van der Waals surface area (Å²) in [6, 6.07) is 26.3. The Labute approximate surface area is 214 Å². The molecule has 0 atom stereocenters. The van der Waals surface area contributed by atoms with Crippen molar-refractivity contribution in [2.75, 3.05) is 7.11 Å². The van der Waals surface area contributed by atoms with Gasteiger partial charge < -0.3 is 4.74 Å². The van der Waals surface area contributed by atoms with Gasteiger partial charge in [-0.25, -0.2) is 0 Å². The molecular weight excluding hydrogens is 438 g/mol. The maximum absolute atomic E-state index is 10.1. The Kier molecular flexibility index (Phi) is 5.56. The zero-order valence-electron chi connectivity index (χ0n) is 22.3. The van der Waals surface area contributed by atoms with Crippen molar-refractivity contribution in [2.45, 2.75) is 52.4 Å². The average molecular weight is 472 g/mol. The van der Waals surface area contributed by atoms with Crippen LogP contribution in [0.25, 0.3) is 44.0 Å².